The van der Waals surface area contributed by atoms with Gasteiger partial charge in [0.05, 0.1) is 11.6 Å². The molecule has 29 heavy (non-hydrogen) atoms. The van der Waals surface area contributed by atoms with Crippen molar-refractivity contribution in [3.8, 4) is 0 Å². The van der Waals surface area contributed by atoms with E-state index in [1.54, 1.807) is 11.0 Å². The highest BCUT2D eigenvalue weighted by Crippen LogP contribution is 2.20. The minimum Gasteiger partial charge on any atom is -0.337 e. The minimum atomic E-state index is -0.487. The molecule has 0 radical (unpaired) electrons. The molecule has 0 unspecified atom stereocenters. The first kappa shape index (κ1) is 21.0. The summed E-state index contributed by atoms with van der Waals surface area (Å²) in [5.41, 5.74) is 0.709. The molecule has 1 fully saturated rings. The van der Waals surface area contributed by atoms with Gasteiger partial charge in [0, 0.05) is 43.5 Å². The predicted octanol–water partition coefficient (Wildman–Crippen LogP) is 3.41. The maximum atomic E-state index is 13.8. The fourth-order valence-electron chi connectivity index (χ4n) is 2.99. The van der Waals surface area contributed by atoms with Crippen molar-refractivity contribution in [1.29, 1.82) is 0 Å². The first-order chi connectivity index (χ1) is 13.9. The Balaban J connectivity index is 1.47. The molecule has 2 aromatic rings. The molecule has 2 aromatic carbocycles. The first-order valence-electron chi connectivity index (χ1n) is 9.11. The third-order valence-electron chi connectivity index (χ3n) is 4.57. The summed E-state index contributed by atoms with van der Waals surface area (Å²) in [5, 5.41) is 2.95. The molecule has 1 aliphatic rings. The van der Waals surface area contributed by atoms with E-state index in [1.165, 1.54) is 48.6 Å². The van der Waals surface area contributed by atoms with Crippen molar-refractivity contribution in [1.82, 2.24) is 9.80 Å². The van der Waals surface area contributed by atoms with Gasteiger partial charge in [0.1, 0.15) is 11.6 Å². The van der Waals surface area contributed by atoms with Crippen LogP contribution in [0.5, 0.6) is 0 Å². The van der Waals surface area contributed by atoms with Gasteiger partial charge >= 0.3 is 0 Å². The molecular weight excluding hydrogens is 400 g/mol. The van der Waals surface area contributed by atoms with E-state index in [0.29, 0.717) is 31.9 Å². The van der Waals surface area contributed by atoms with Crippen LogP contribution >= 0.6 is 11.6 Å². The standard InChI is InChI=1S/C21H20ClF2N3O2/c22-18-2-1-3-19(24)17(18)8-9-21(29)27-12-10-26(11-13-27)14-20(28)25-16-6-4-15(23)5-7-16/h1-9H,10-14H2,(H,25,28). The fourth-order valence-corrected chi connectivity index (χ4v) is 3.22. The van der Waals surface area contributed by atoms with E-state index < -0.39 is 5.82 Å². The molecule has 1 saturated heterocycles. The molecule has 0 spiro atoms. The number of hydrogen-bond acceptors (Lipinski definition) is 3. The van der Waals surface area contributed by atoms with Crippen LogP contribution in [0, 0.1) is 11.6 Å². The van der Waals surface area contributed by atoms with Crippen molar-refractivity contribution in [3.63, 3.8) is 0 Å². The number of anilines is 1. The van der Waals surface area contributed by atoms with Gasteiger partial charge in [0.25, 0.3) is 0 Å². The molecule has 0 aromatic heterocycles. The minimum absolute atomic E-state index is 0.179. The van der Waals surface area contributed by atoms with Crippen LogP contribution in [0.3, 0.4) is 0 Å². The Kier molecular flexibility index (Phi) is 6.95. The van der Waals surface area contributed by atoms with Crippen molar-refractivity contribution < 1.29 is 18.4 Å². The summed E-state index contributed by atoms with van der Waals surface area (Å²) in [6, 6.07) is 9.90. The van der Waals surface area contributed by atoms with E-state index in [1.807, 2.05) is 4.90 Å². The van der Waals surface area contributed by atoms with Gasteiger partial charge in [0.15, 0.2) is 0 Å². The molecule has 152 valence electrons. The highest BCUT2D eigenvalue weighted by molar-refractivity contribution is 6.32. The van der Waals surface area contributed by atoms with Crippen LogP contribution in [0.2, 0.25) is 5.02 Å². The third-order valence-corrected chi connectivity index (χ3v) is 4.90. The van der Waals surface area contributed by atoms with Crippen molar-refractivity contribution >= 4 is 35.2 Å². The Morgan fingerprint density at radius 3 is 2.38 bits per heavy atom. The van der Waals surface area contributed by atoms with Crippen molar-refractivity contribution in [2.24, 2.45) is 0 Å². The Morgan fingerprint density at radius 1 is 1.03 bits per heavy atom. The van der Waals surface area contributed by atoms with E-state index >= 15 is 0 Å². The number of halogens is 3. The summed E-state index contributed by atoms with van der Waals surface area (Å²) in [6.45, 7) is 2.17. The van der Waals surface area contributed by atoms with Crippen LogP contribution in [-0.2, 0) is 9.59 Å². The van der Waals surface area contributed by atoms with E-state index in [0.717, 1.165) is 0 Å². The molecule has 1 N–H and O–H groups in total. The maximum absolute atomic E-state index is 13.8. The molecule has 2 amide bonds. The quantitative estimate of drug-likeness (QED) is 0.756. The predicted molar refractivity (Wildman–Crippen MR) is 108 cm³/mol. The smallest absolute Gasteiger partial charge is 0.246 e. The van der Waals surface area contributed by atoms with Gasteiger partial charge in [-0.15, -0.1) is 0 Å². The lowest BCUT2D eigenvalue weighted by molar-refractivity contribution is -0.127. The highest BCUT2D eigenvalue weighted by Gasteiger charge is 2.21. The van der Waals surface area contributed by atoms with Crippen LogP contribution in [0.15, 0.2) is 48.5 Å². The lowest BCUT2D eigenvalue weighted by Gasteiger charge is -2.33. The molecule has 0 aliphatic carbocycles. The van der Waals surface area contributed by atoms with Crippen molar-refractivity contribution in [2.45, 2.75) is 0 Å². The molecule has 1 aliphatic heterocycles. The number of nitrogens with one attached hydrogen (secondary N) is 1. The van der Waals surface area contributed by atoms with Gasteiger partial charge in [-0.05, 0) is 42.5 Å². The summed E-state index contributed by atoms with van der Waals surface area (Å²) in [7, 11) is 0. The number of carbonyl (C=O) groups is 2. The fraction of sp³-hybridized carbons (Fsp3) is 0.238. The molecular formula is C21H20ClF2N3O2. The van der Waals surface area contributed by atoms with Crippen LogP contribution in [0.4, 0.5) is 14.5 Å². The van der Waals surface area contributed by atoms with Crippen molar-refractivity contribution in [3.05, 3.63) is 70.8 Å². The lowest BCUT2D eigenvalue weighted by atomic mass is 10.2. The molecule has 5 nitrogen and oxygen atoms in total. The average Bonchev–Trinajstić information content (AvgIpc) is 2.70. The molecule has 0 atom stereocenters. The Morgan fingerprint density at radius 2 is 1.72 bits per heavy atom. The van der Waals surface area contributed by atoms with Gasteiger partial charge in [-0.2, -0.15) is 0 Å². The number of rotatable bonds is 5. The summed E-state index contributed by atoms with van der Waals surface area (Å²) in [6.07, 6.45) is 2.68. The SMILES string of the molecule is O=C(CN1CCN(C(=O)C=Cc2c(F)cccc2Cl)CC1)Nc1ccc(F)cc1. The van der Waals surface area contributed by atoms with E-state index in [9.17, 15) is 18.4 Å². The number of piperazine rings is 1. The second-order valence-corrected chi connectivity index (χ2v) is 7.03. The zero-order valence-electron chi connectivity index (χ0n) is 15.6. The second-order valence-electron chi connectivity index (χ2n) is 6.63. The van der Waals surface area contributed by atoms with Crippen LogP contribution in [0.25, 0.3) is 6.08 Å². The lowest BCUT2D eigenvalue weighted by Crippen LogP contribution is -2.50. The van der Waals surface area contributed by atoms with Gasteiger partial charge in [0.2, 0.25) is 11.8 Å². The molecule has 1 heterocycles. The Labute approximate surface area is 172 Å². The summed E-state index contributed by atoms with van der Waals surface area (Å²) >= 11 is 5.95. The normalized spacial score (nSPS) is 14.9. The number of carbonyl (C=O) groups excluding carboxylic acids is 2. The van der Waals surface area contributed by atoms with E-state index in [2.05, 4.69) is 5.32 Å². The van der Waals surface area contributed by atoms with Crippen LogP contribution < -0.4 is 5.32 Å². The van der Waals surface area contributed by atoms with Gasteiger partial charge in [-0.25, -0.2) is 8.78 Å². The Hall–Kier alpha value is -2.77. The molecule has 3 rings (SSSR count). The maximum Gasteiger partial charge on any atom is 0.246 e. The summed E-state index contributed by atoms with van der Waals surface area (Å²) < 4.78 is 26.7. The zero-order chi connectivity index (χ0) is 20.8. The van der Waals surface area contributed by atoms with Crippen LogP contribution in [-0.4, -0.2) is 54.3 Å². The number of amides is 2. The largest absolute Gasteiger partial charge is 0.337 e. The van der Waals surface area contributed by atoms with Gasteiger partial charge in [-0.1, -0.05) is 17.7 Å². The summed E-state index contributed by atoms with van der Waals surface area (Å²) in [4.78, 5) is 28.0. The third kappa shape index (κ3) is 5.85. The van der Waals surface area contributed by atoms with Crippen molar-refractivity contribution in [2.75, 3.05) is 38.0 Å². The highest BCUT2D eigenvalue weighted by atomic mass is 35.5. The first-order valence-corrected chi connectivity index (χ1v) is 9.49. The van der Waals surface area contributed by atoms with E-state index in [-0.39, 0.29) is 34.8 Å². The number of nitrogens with zero attached hydrogens (tertiary/aromatic N) is 2. The second kappa shape index (κ2) is 9.62. The number of hydrogen-bond donors (Lipinski definition) is 1. The molecule has 0 bridgehead atoms. The van der Waals surface area contributed by atoms with Crippen LogP contribution in [0.1, 0.15) is 5.56 Å². The monoisotopic (exact) mass is 419 g/mol. The van der Waals surface area contributed by atoms with Gasteiger partial charge < -0.3 is 10.2 Å². The van der Waals surface area contributed by atoms with Gasteiger partial charge in [-0.3, -0.25) is 14.5 Å². The number of benzene rings is 2. The molecule has 8 heteroatoms. The Bertz CT molecular complexity index is 890. The molecule has 0 saturated carbocycles. The topological polar surface area (TPSA) is 52.7 Å². The zero-order valence-corrected chi connectivity index (χ0v) is 16.3. The van der Waals surface area contributed by atoms with E-state index in [4.69, 9.17) is 11.6 Å². The summed E-state index contributed by atoms with van der Waals surface area (Å²) in [5.74, 6) is -1.29. The average molecular weight is 420 g/mol.